The highest BCUT2D eigenvalue weighted by atomic mass is 16.1. The van der Waals surface area contributed by atoms with E-state index < -0.39 is 0 Å². The molecule has 1 N–H and O–H groups in total. The van der Waals surface area contributed by atoms with E-state index in [-0.39, 0.29) is 16.9 Å². The van der Waals surface area contributed by atoms with Crippen molar-refractivity contribution < 1.29 is 4.79 Å². The maximum Gasteiger partial charge on any atom is 0.251 e. The quantitative estimate of drug-likeness (QED) is 0.920. The lowest BCUT2D eigenvalue weighted by Gasteiger charge is -2.33. The molecule has 0 saturated heterocycles. The Morgan fingerprint density at radius 3 is 2.35 bits per heavy atom. The van der Waals surface area contributed by atoms with Crippen LogP contribution in [0, 0.1) is 5.41 Å². The predicted octanol–water partition coefficient (Wildman–Crippen LogP) is 3.09. The molecule has 4 nitrogen and oxygen atoms in total. The highest BCUT2D eigenvalue weighted by Crippen LogP contribution is 2.27. The number of anilines is 1. The summed E-state index contributed by atoms with van der Waals surface area (Å²) in [4.78, 5) is 18.5. The largest absolute Gasteiger partial charge is 0.363 e. The zero-order valence-electron chi connectivity index (χ0n) is 13.7. The van der Waals surface area contributed by atoms with Crippen molar-refractivity contribution in [2.24, 2.45) is 5.41 Å². The third kappa shape index (κ3) is 5.19. The summed E-state index contributed by atoms with van der Waals surface area (Å²) in [5.41, 5.74) is 0.575. The van der Waals surface area contributed by atoms with Crippen LogP contribution in [0.2, 0.25) is 0 Å². The van der Waals surface area contributed by atoms with Crippen LogP contribution in [0.1, 0.15) is 51.4 Å². The summed E-state index contributed by atoms with van der Waals surface area (Å²) in [5, 5.41) is 3.11. The second-order valence-corrected chi connectivity index (χ2v) is 7.37. The van der Waals surface area contributed by atoms with Gasteiger partial charge in [0.2, 0.25) is 0 Å². The minimum absolute atomic E-state index is 0.0512. The number of rotatable bonds is 4. The fourth-order valence-corrected chi connectivity index (χ4v) is 2.55. The van der Waals surface area contributed by atoms with Crippen molar-refractivity contribution in [1.82, 2.24) is 10.3 Å². The molecule has 0 unspecified atom stereocenters. The predicted molar refractivity (Wildman–Crippen MR) is 84.2 cm³/mol. The molecule has 0 aliphatic rings. The van der Waals surface area contributed by atoms with Gasteiger partial charge in [0.25, 0.3) is 5.91 Å². The maximum atomic E-state index is 12.4. The molecule has 1 aromatic heterocycles. The molecule has 0 aliphatic carbocycles. The van der Waals surface area contributed by atoms with E-state index in [0.29, 0.717) is 5.56 Å². The van der Waals surface area contributed by atoms with Gasteiger partial charge >= 0.3 is 0 Å². The Hall–Kier alpha value is -1.58. The van der Waals surface area contributed by atoms with Gasteiger partial charge in [0, 0.05) is 31.4 Å². The monoisotopic (exact) mass is 277 g/mol. The summed E-state index contributed by atoms with van der Waals surface area (Å²) in [7, 11) is 3.82. The standard InChI is InChI=1S/C16H27N3O/c1-15(2,3)11-16(4,5)18-14(20)12-8-9-17-13(10-12)19(6)7/h8-10H,11H2,1-7H3,(H,18,20). The van der Waals surface area contributed by atoms with Crippen LogP contribution < -0.4 is 10.2 Å². The van der Waals surface area contributed by atoms with Gasteiger partial charge in [-0.05, 0) is 37.8 Å². The van der Waals surface area contributed by atoms with Crippen molar-refractivity contribution in [2.45, 2.75) is 46.6 Å². The van der Waals surface area contributed by atoms with Gasteiger partial charge in [-0.15, -0.1) is 0 Å². The minimum atomic E-state index is -0.239. The van der Waals surface area contributed by atoms with Crippen LogP contribution in [0.25, 0.3) is 0 Å². The molecule has 0 fully saturated rings. The summed E-state index contributed by atoms with van der Waals surface area (Å²) in [5.74, 6) is 0.732. The van der Waals surface area contributed by atoms with E-state index >= 15 is 0 Å². The van der Waals surface area contributed by atoms with E-state index in [0.717, 1.165) is 12.2 Å². The van der Waals surface area contributed by atoms with E-state index in [9.17, 15) is 4.79 Å². The molecule has 0 spiro atoms. The number of nitrogens with zero attached hydrogens (tertiary/aromatic N) is 2. The average Bonchev–Trinajstić information content (AvgIpc) is 2.25. The van der Waals surface area contributed by atoms with Gasteiger partial charge in [-0.1, -0.05) is 20.8 Å². The van der Waals surface area contributed by atoms with Crippen molar-refractivity contribution >= 4 is 11.7 Å². The molecule has 20 heavy (non-hydrogen) atoms. The van der Waals surface area contributed by atoms with Crippen LogP contribution >= 0.6 is 0 Å². The van der Waals surface area contributed by atoms with Crippen LogP contribution in [-0.4, -0.2) is 30.5 Å². The van der Waals surface area contributed by atoms with Crippen molar-refractivity contribution in [3.8, 4) is 0 Å². The Morgan fingerprint density at radius 2 is 1.85 bits per heavy atom. The van der Waals surface area contributed by atoms with Crippen LogP contribution in [-0.2, 0) is 0 Å². The lowest BCUT2D eigenvalue weighted by Crippen LogP contribution is -2.45. The van der Waals surface area contributed by atoms with Crippen LogP contribution in [0.15, 0.2) is 18.3 Å². The van der Waals surface area contributed by atoms with E-state index in [1.54, 1.807) is 12.3 Å². The normalized spacial score (nSPS) is 12.2. The van der Waals surface area contributed by atoms with Crippen LogP contribution in [0.5, 0.6) is 0 Å². The van der Waals surface area contributed by atoms with Crippen LogP contribution in [0.4, 0.5) is 5.82 Å². The van der Waals surface area contributed by atoms with Gasteiger partial charge in [0.15, 0.2) is 0 Å². The third-order valence-corrected chi connectivity index (χ3v) is 2.89. The number of carbonyl (C=O) groups is 1. The van der Waals surface area contributed by atoms with Gasteiger partial charge in [0.05, 0.1) is 0 Å². The molecule has 1 heterocycles. The number of pyridine rings is 1. The Balaban J connectivity index is 2.83. The van der Waals surface area contributed by atoms with E-state index in [1.807, 2.05) is 25.1 Å². The molecule has 1 rings (SSSR count). The highest BCUT2D eigenvalue weighted by molar-refractivity contribution is 5.95. The van der Waals surface area contributed by atoms with Gasteiger partial charge in [-0.3, -0.25) is 4.79 Å². The minimum Gasteiger partial charge on any atom is -0.363 e. The van der Waals surface area contributed by atoms with Crippen molar-refractivity contribution in [3.63, 3.8) is 0 Å². The topological polar surface area (TPSA) is 45.2 Å². The molecular formula is C16H27N3O. The number of aromatic nitrogens is 1. The molecule has 0 bridgehead atoms. The SMILES string of the molecule is CN(C)c1cc(C(=O)NC(C)(C)CC(C)(C)C)ccn1. The van der Waals surface area contributed by atoms with Gasteiger partial charge in [0.1, 0.15) is 5.82 Å². The molecular weight excluding hydrogens is 250 g/mol. The summed E-state index contributed by atoms with van der Waals surface area (Å²) in [6.45, 7) is 10.7. The number of nitrogens with one attached hydrogen (secondary N) is 1. The van der Waals surface area contributed by atoms with E-state index in [1.165, 1.54) is 0 Å². The molecule has 0 saturated carbocycles. The van der Waals surface area contributed by atoms with Gasteiger partial charge in [-0.25, -0.2) is 4.98 Å². The Labute approximate surface area is 122 Å². The number of carbonyl (C=O) groups excluding carboxylic acids is 1. The fraction of sp³-hybridized carbons (Fsp3) is 0.625. The van der Waals surface area contributed by atoms with Crippen molar-refractivity contribution in [2.75, 3.05) is 19.0 Å². The summed E-state index contributed by atoms with van der Waals surface area (Å²) < 4.78 is 0. The number of amides is 1. The summed E-state index contributed by atoms with van der Waals surface area (Å²) in [6.07, 6.45) is 2.58. The first kappa shape index (κ1) is 16.5. The number of hydrogen-bond acceptors (Lipinski definition) is 3. The summed E-state index contributed by atoms with van der Waals surface area (Å²) in [6, 6.07) is 3.55. The highest BCUT2D eigenvalue weighted by Gasteiger charge is 2.27. The zero-order valence-corrected chi connectivity index (χ0v) is 13.7. The fourth-order valence-electron chi connectivity index (χ4n) is 2.55. The second-order valence-electron chi connectivity index (χ2n) is 7.37. The van der Waals surface area contributed by atoms with Crippen molar-refractivity contribution in [1.29, 1.82) is 0 Å². The molecule has 0 atom stereocenters. The Kier molecular flexibility index (Phi) is 4.79. The molecule has 1 amide bonds. The Bertz CT molecular complexity index is 473. The molecule has 0 aliphatic heterocycles. The van der Waals surface area contributed by atoms with Gasteiger partial charge < -0.3 is 10.2 Å². The number of hydrogen-bond donors (Lipinski definition) is 1. The lowest BCUT2D eigenvalue weighted by atomic mass is 9.81. The van der Waals surface area contributed by atoms with E-state index in [4.69, 9.17) is 0 Å². The molecule has 1 aromatic rings. The molecule has 0 aromatic carbocycles. The smallest absolute Gasteiger partial charge is 0.251 e. The average molecular weight is 277 g/mol. The first-order valence-corrected chi connectivity index (χ1v) is 6.96. The lowest BCUT2D eigenvalue weighted by molar-refractivity contribution is 0.0891. The first-order chi connectivity index (χ1) is 9.00. The Morgan fingerprint density at radius 1 is 1.25 bits per heavy atom. The maximum absolute atomic E-state index is 12.4. The van der Waals surface area contributed by atoms with Crippen LogP contribution in [0.3, 0.4) is 0 Å². The third-order valence-electron chi connectivity index (χ3n) is 2.89. The molecule has 0 radical (unpaired) electrons. The van der Waals surface area contributed by atoms with Crippen molar-refractivity contribution in [3.05, 3.63) is 23.9 Å². The first-order valence-electron chi connectivity index (χ1n) is 6.96. The zero-order chi connectivity index (χ0) is 15.6. The molecule has 112 valence electrons. The van der Waals surface area contributed by atoms with E-state index in [2.05, 4.69) is 44.9 Å². The second kappa shape index (κ2) is 5.81. The molecule has 4 heteroatoms. The van der Waals surface area contributed by atoms with Gasteiger partial charge in [-0.2, -0.15) is 0 Å². The summed E-state index contributed by atoms with van der Waals surface area (Å²) >= 11 is 0.